The number of methoxy groups -OCH3 is 1. The molecule has 0 bridgehead atoms. The number of benzene rings is 1. The molecule has 0 saturated carbocycles. The predicted octanol–water partition coefficient (Wildman–Crippen LogP) is 1.85. The third-order valence-electron chi connectivity index (χ3n) is 3.68. The van der Waals surface area contributed by atoms with Gasteiger partial charge in [-0.3, -0.25) is 0 Å². The summed E-state index contributed by atoms with van der Waals surface area (Å²) in [5, 5.41) is 0. The van der Waals surface area contributed by atoms with E-state index in [1.165, 1.54) is 17.5 Å². The molecule has 0 unspecified atom stereocenters. The minimum Gasteiger partial charge on any atom is -0.497 e. The number of imidazole rings is 1. The second-order valence-electron chi connectivity index (χ2n) is 4.99. The molecule has 21 heavy (non-hydrogen) atoms. The Morgan fingerprint density at radius 2 is 2.10 bits per heavy atom. The molecule has 0 radical (unpaired) electrons. The van der Waals surface area contributed by atoms with Crippen LogP contribution in [0.4, 0.5) is 5.82 Å². The molecule has 1 aromatic carbocycles. The topological polar surface area (TPSA) is 78.8 Å². The SMILES string of the molecule is COc1ccc(C)c(Cc2nc3c(N)ncnc3n2C)c1. The van der Waals surface area contributed by atoms with Crippen molar-refractivity contribution < 1.29 is 4.74 Å². The Balaban J connectivity index is 2.06. The Labute approximate surface area is 122 Å². The molecule has 3 aromatic rings. The van der Waals surface area contributed by atoms with Gasteiger partial charge in [-0.2, -0.15) is 0 Å². The summed E-state index contributed by atoms with van der Waals surface area (Å²) in [6.45, 7) is 2.07. The minimum atomic E-state index is 0.407. The van der Waals surface area contributed by atoms with E-state index >= 15 is 0 Å². The highest BCUT2D eigenvalue weighted by Gasteiger charge is 2.13. The standard InChI is InChI=1S/C15H17N5O/c1-9-4-5-11(21-3)6-10(9)7-12-19-13-14(16)17-8-18-15(13)20(12)2/h4-6,8H,7H2,1-3H3,(H2,16,17,18). The number of hydrogen-bond donors (Lipinski definition) is 1. The van der Waals surface area contributed by atoms with Gasteiger partial charge in [0.2, 0.25) is 0 Å². The number of nitrogens with two attached hydrogens (primary N) is 1. The number of nitrogen functional groups attached to an aromatic ring is 1. The maximum absolute atomic E-state index is 5.86. The number of nitrogens with zero attached hydrogens (tertiary/aromatic N) is 4. The first-order valence-electron chi connectivity index (χ1n) is 6.65. The highest BCUT2D eigenvalue weighted by atomic mass is 16.5. The molecule has 0 saturated heterocycles. The van der Waals surface area contributed by atoms with Crippen LogP contribution in [0.25, 0.3) is 11.2 Å². The summed E-state index contributed by atoms with van der Waals surface area (Å²) in [6.07, 6.45) is 2.15. The summed E-state index contributed by atoms with van der Waals surface area (Å²) in [7, 11) is 3.60. The molecular weight excluding hydrogens is 266 g/mol. The third kappa shape index (κ3) is 2.29. The third-order valence-corrected chi connectivity index (χ3v) is 3.68. The fourth-order valence-corrected chi connectivity index (χ4v) is 2.36. The van der Waals surface area contributed by atoms with Gasteiger partial charge in [0.25, 0.3) is 0 Å². The lowest BCUT2D eigenvalue weighted by Gasteiger charge is -2.08. The highest BCUT2D eigenvalue weighted by molar-refractivity contribution is 5.81. The molecule has 2 heterocycles. The van der Waals surface area contributed by atoms with Crippen LogP contribution >= 0.6 is 0 Å². The van der Waals surface area contributed by atoms with Crippen molar-refractivity contribution in [2.45, 2.75) is 13.3 Å². The van der Waals surface area contributed by atoms with Gasteiger partial charge in [-0.25, -0.2) is 15.0 Å². The molecule has 0 amide bonds. The van der Waals surface area contributed by atoms with Crippen molar-refractivity contribution >= 4 is 17.0 Å². The van der Waals surface area contributed by atoms with Gasteiger partial charge in [0.05, 0.1) is 7.11 Å². The monoisotopic (exact) mass is 283 g/mol. The van der Waals surface area contributed by atoms with Crippen LogP contribution in [0, 0.1) is 6.92 Å². The van der Waals surface area contributed by atoms with Gasteiger partial charge >= 0.3 is 0 Å². The molecule has 108 valence electrons. The summed E-state index contributed by atoms with van der Waals surface area (Å²) in [6, 6.07) is 6.03. The van der Waals surface area contributed by atoms with Crippen molar-refractivity contribution in [1.29, 1.82) is 0 Å². The van der Waals surface area contributed by atoms with Crippen molar-refractivity contribution in [3.05, 3.63) is 41.5 Å². The normalized spacial score (nSPS) is 11.0. The zero-order chi connectivity index (χ0) is 15.0. The van der Waals surface area contributed by atoms with E-state index in [2.05, 4.69) is 21.9 Å². The van der Waals surface area contributed by atoms with Crippen molar-refractivity contribution in [3.8, 4) is 5.75 Å². The van der Waals surface area contributed by atoms with Crippen LogP contribution in [0.2, 0.25) is 0 Å². The molecule has 0 atom stereocenters. The Hall–Kier alpha value is -2.63. The molecular formula is C15H17N5O. The Morgan fingerprint density at radius 3 is 2.81 bits per heavy atom. The summed E-state index contributed by atoms with van der Waals surface area (Å²) >= 11 is 0. The van der Waals surface area contributed by atoms with Crippen LogP contribution in [0.3, 0.4) is 0 Å². The first kappa shape index (κ1) is 13.4. The first-order chi connectivity index (χ1) is 10.1. The lowest BCUT2D eigenvalue weighted by Crippen LogP contribution is -2.01. The van der Waals surface area contributed by atoms with Gasteiger partial charge in [-0.05, 0) is 30.2 Å². The minimum absolute atomic E-state index is 0.407. The quantitative estimate of drug-likeness (QED) is 0.793. The van der Waals surface area contributed by atoms with E-state index in [1.807, 2.05) is 29.8 Å². The van der Waals surface area contributed by atoms with Crippen molar-refractivity contribution in [2.75, 3.05) is 12.8 Å². The lowest BCUT2D eigenvalue weighted by atomic mass is 10.1. The first-order valence-corrected chi connectivity index (χ1v) is 6.65. The molecule has 0 aliphatic carbocycles. The average Bonchev–Trinajstić information content (AvgIpc) is 2.80. The van der Waals surface area contributed by atoms with E-state index in [1.54, 1.807) is 7.11 Å². The van der Waals surface area contributed by atoms with E-state index in [-0.39, 0.29) is 0 Å². The fraction of sp³-hybridized carbons (Fsp3) is 0.267. The van der Waals surface area contributed by atoms with E-state index < -0.39 is 0 Å². The van der Waals surface area contributed by atoms with E-state index in [9.17, 15) is 0 Å². The second-order valence-corrected chi connectivity index (χ2v) is 4.99. The molecule has 2 aromatic heterocycles. The van der Waals surface area contributed by atoms with Crippen LogP contribution in [-0.4, -0.2) is 26.6 Å². The number of fused-ring (bicyclic) bond motifs is 1. The van der Waals surface area contributed by atoms with Crippen LogP contribution in [-0.2, 0) is 13.5 Å². The Kier molecular flexibility index (Phi) is 3.21. The molecule has 0 fully saturated rings. The molecule has 6 heteroatoms. The number of aryl methyl sites for hydroxylation is 2. The highest BCUT2D eigenvalue weighted by Crippen LogP contribution is 2.22. The van der Waals surface area contributed by atoms with Gasteiger partial charge in [0.1, 0.15) is 17.9 Å². The summed E-state index contributed by atoms with van der Waals surface area (Å²) < 4.78 is 7.24. The molecule has 2 N–H and O–H groups in total. The van der Waals surface area contributed by atoms with Crippen LogP contribution in [0.5, 0.6) is 5.75 Å². The Morgan fingerprint density at radius 1 is 1.29 bits per heavy atom. The van der Waals surface area contributed by atoms with E-state index in [4.69, 9.17) is 10.5 Å². The van der Waals surface area contributed by atoms with Crippen LogP contribution < -0.4 is 10.5 Å². The number of ether oxygens (including phenoxy) is 1. The molecule has 3 rings (SSSR count). The zero-order valence-corrected chi connectivity index (χ0v) is 12.3. The van der Waals surface area contributed by atoms with Crippen molar-refractivity contribution in [1.82, 2.24) is 19.5 Å². The molecule has 0 aliphatic heterocycles. The van der Waals surface area contributed by atoms with E-state index in [0.717, 1.165) is 17.2 Å². The van der Waals surface area contributed by atoms with Crippen LogP contribution in [0.15, 0.2) is 24.5 Å². The fourth-order valence-electron chi connectivity index (χ4n) is 2.36. The van der Waals surface area contributed by atoms with Crippen molar-refractivity contribution in [2.24, 2.45) is 7.05 Å². The van der Waals surface area contributed by atoms with Gasteiger partial charge in [-0.15, -0.1) is 0 Å². The zero-order valence-electron chi connectivity index (χ0n) is 12.3. The van der Waals surface area contributed by atoms with E-state index in [0.29, 0.717) is 17.8 Å². The van der Waals surface area contributed by atoms with Gasteiger partial charge in [-0.1, -0.05) is 6.07 Å². The summed E-state index contributed by atoms with van der Waals surface area (Å²) in [4.78, 5) is 12.8. The maximum Gasteiger partial charge on any atom is 0.165 e. The van der Waals surface area contributed by atoms with Crippen molar-refractivity contribution in [3.63, 3.8) is 0 Å². The summed E-state index contributed by atoms with van der Waals surface area (Å²) in [5.74, 6) is 2.14. The maximum atomic E-state index is 5.86. The van der Waals surface area contributed by atoms with Gasteiger partial charge < -0.3 is 15.0 Å². The second kappa shape index (κ2) is 5.05. The lowest BCUT2D eigenvalue weighted by molar-refractivity contribution is 0.414. The van der Waals surface area contributed by atoms with Gasteiger partial charge in [0, 0.05) is 13.5 Å². The predicted molar refractivity (Wildman–Crippen MR) is 81.3 cm³/mol. The molecule has 6 nitrogen and oxygen atoms in total. The largest absolute Gasteiger partial charge is 0.497 e. The molecule has 0 spiro atoms. The smallest absolute Gasteiger partial charge is 0.165 e. The Bertz CT molecular complexity index is 809. The number of aromatic nitrogens is 4. The number of anilines is 1. The average molecular weight is 283 g/mol. The summed E-state index contributed by atoms with van der Waals surface area (Å²) in [5.41, 5.74) is 9.62. The molecule has 0 aliphatic rings. The number of rotatable bonds is 3. The number of hydrogen-bond acceptors (Lipinski definition) is 5. The van der Waals surface area contributed by atoms with Gasteiger partial charge in [0.15, 0.2) is 17.0 Å². The van der Waals surface area contributed by atoms with Crippen LogP contribution in [0.1, 0.15) is 17.0 Å².